The number of nitrogens with one attached hydrogen (secondary N) is 1. The number of alkyl halides is 5. The summed E-state index contributed by atoms with van der Waals surface area (Å²) in [5.74, 6) is -5.54. The zero-order valence-corrected chi connectivity index (χ0v) is 19.7. The van der Waals surface area contributed by atoms with E-state index >= 15 is 0 Å². The van der Waals surface area contributed by atoms with Gasteiger partial charge in [0.2, 0.25) is 11.8 Å². The number of rotatable bonds is 5. The van der Waals surface area contributed by atoms with Crippen molar-refractivity contribution in [3.63, 3.8) is 0 Å². The molecule has 0 saturated carbocycles. The van der Waals surface area contributed by atoms with Gasteiger partial charge in [-0.1, -0.05) is 16.8 Å². The van der Waals surface area contributed by atoms with Crippen molar-refractivity contribution in [1.29, 1.82) is 0 Å². The number of nitrogen functional groups attached to an aromatic ring is 1. The normalized spacial score (nSPS) is 17.9. The van der Waals surface area contributed by atoms with Crippen LogP contribution < -0.4 is 11.1 Å². The Kier molecular flexibility index (Phi) is 5.40. The molecule has 1 amide bonds. The summed E-state index contributed by atoms with van der Waals surface area (Å²) < 4.78 is 71.7. The van der Waals surface area contributed by atoms with E-state index in [-0.39, 0.29) is 51.0 Å². The monoisotopic (exact) mass is 542 g/mol. The van der Waals surface area contributed by atoms with Gasteiger partial charge < -0.3 is 20.0 Å². The number of aromatic nitrogens is 6. The summed E-state index contributed by atoms with van der Waals surface area (Å²) >= 11 is 6.02. The third-order valence-electron chi connectivity index (χ3n) is 6.04. The lowest BCUT2D eigenvalue weighted by Gasteiger charge is -2.18. The van der Waals surface area contributed by atoms with E-state index < -0.39 is 36.3 Å². The first-order chi connectivity index (χ1) is 17.2. The molecule has 0 spiro atoms. The molecule has 4 aromatic rings. The van der Waals surface area contributed by atoms with Gasteiger partial charge in [0.25, 0.3) is 0 Å². The number of hydrogen-bond acceptors (Lipinski definition) is 8. The SMILES string of the molecule is Cc1noc(C2(C)C(=O)Nc3nc(-c4nc(CCC(F)(F)C(F)(F)F)n5cc(Cl)ccc45)nc(N)c32)n1. The first-order valence-electron chi connectivity index (χ1n) is 10.6. The van der Waals surface area contributed by atoms with Gasteiger partial charge in [-0.25, -0.2) is 15.0 Å². The average molecular weight is 543 g/mol. The van der Waals surface area contributed by atoms with E-state index in [1.165, 1.54) is 29.7 Å². The van der Waals surface area contributed by atoms with Crippen LogP contribution in [0.25, 0.3) is 17.0 Å². The molecule has 0 fully saturated rings. The summed E-state index contributed by atoms with van der Waals surface area (Å²) in [5, 5.41) is 6.49. The van der Waals surface area contributed by atoms with Gasteiger partial charge in [-0.15, -0.1) is 0 Å². The highest BCUT2D eigenvalue weighted by atomic mass is 35.5. The summed E-state index contributed by atoms with van der Waals surface area (Å²) in [4.78, 5) is 29.9. The fourth-order valence-corrected chi connectivity index (χ4v) is 4.25. The number of pyridine rings is 1. The quantitative estimate of drug-likeness (QED) is 0.360. The van der Waals surface area contributed by atoms with Crippen LogP contribution in [0.5, 0.6) is 0 Å². The van der Waals surface area contributed by atoms with Crippen LogP contribution in [0.1, 0.15) is 36.4 Å². The molecule has 1 unspecified atom stereocenters. The maximum atomic E-state index is 13.6. The van der Waals surface area contributed by atoms with Gasteiger partial charge in [0, 0.05) is 19.0 Å². The van der Waals surface area contributed by atoms with E-state index in [0.717, 1.165) is 0 Å². The summed E-state index contributed by atoms with van der Waals surface area (Å²) in [5.41, 5.74) is 5.22. The summed E-state index contributed by atoms with van der Waals surface area (Å²) in [7, 11) is 0. The van der Waals surface area contributed by atoms with Crippen molar-refractivity contribution in [3.05, 3.63) is 46.5 Å². The van der Waals surface area contributed by atoms with Gasteiger partial charge in [0.15, 0.2) is 17.1 Å². The number of nitrogens with zero attached hydrogens (tertiary/aromatic N) is 6. The van der Waals surface area contributed by atoms with Crippen LogP contribution in [-0.2, 0) is 16.6 Å². The van der Waals surface area contributed by atoms with Crippen LogP contribution >= 0.6 is 11.6 Å². The molecule has 0 aliphatic carbocycles. The number of amides is 1. The van der Waals surface area contributed by atoms with Crippen molar-refractivity contribution >= 4 is 34.7 Å². The molecule has 1 aliphatic rings. The minimum Gasteiger partial charge on any atom is -0.383 e. The summed E-state index contributed by atoms with van der Waals surface area (Å²) in [6, 6.07) is 2.95. The maximum absolute atomic E-state index is 13.6. The van der Waals surface area contributed by atoms with Crippen molar-refractivity contribution in [2.75, 3.05) is 11.1 Å². The number of nitrogens with two attached hydrogens (primary N) is 1. The molecule has 0 radical (unpaired) electrons. The third-order valence-corrected chi connectivity index (χ3v) is 6.27. The highest BCUT2D eigenvalue weighted by Crippen LogP contribution is 2.45. The second-order valence-electron chi connectivity index (χ2n) is 8.56. The minimum absolute atomic E-state index is 0.0285. The first kappa shape index (κ1) is 24.8. The fourth-order valence-electron chi connectivity index (χ4n) is 4.09. The lowest BCUT2D eigenvalue weighted by molar-refractivity contribution is -0.284. The van der Waals surface area contributed by atoms with Gasteiger partial charge in [0.05, 0.1) is 16.1 Å². The maximum Gasteiger partial charge on any atom is 0.453 e. The van der Waals surface area contributed by atoms with Crippen LogP contribution in [0.2, 0.25) is 5.02 Å². The summed E-state index contributed by atoms with van der Waals surface area (Å²) in [6.45, 7) is 3.08. The Morgan fingerprint density at radius 3 is 2.54 bits per heavy atom. The highest BCUT2D eigenvalue weighted by Gasteiger charge is 2.57. The van der Waals surface area contributed by atoms with Gasteiger partial charge in [-0.05, 0) is 26.0 Å². The Morgan fingerprint density at radius 1 is 1.16 bits per heavy atom. The number of hydrogen-bond donors (Lipinski definition) is 2. The van der Waals surface area contributed by atoms with Crippen molar-refractivity contribution in [2.24, 2.45) is 0 Å². The molecule has 16 heteroatoms. The van der Waals surface area contributed by atoms with Crippen LogP contribution in [0, 0.1) is 6.92 Å². The highest BCUT2D eigenvalue weighted by molar-refractivity contribution is 6.30. The molecule has 0 saturated heterocycles. The predicted octanol–water partition coefficient (Wildman–Crippen LogP) is 4.11. The molecule has 1 atom stereocenters. The number of aryl methyl sites for hydroxylation is 2. The van der Waals surface area contributed by atoms with E-state index in [1.807, 2.05) is 0 Å². The number of halogens is 6. The second-order valence-corrected chi connectivity index (χ2v) is 9.00. The van der Waals surface area contributed by atoms with Crippen molar-refractivity contribution in [3.8, 4) is 11.5 Å². The van der Waals surface area contributed by atoms with Crippen molar-refractivity contribution in [1.82, 2.24) is 29.5 Å². The first-order valence-corrected chi connectivity index (χ1v) is 11.0. The van der Waals surface area contributed by atoms with E-state index in [1.54, 1.807) is 6.92 Å². The van der Waals surface area contributed by atoms with Crippen LogP contribution in [0.15, 0.2) is 22.9 Å². The molecule has 5 heterocycles. The van der Waals surface area contributed by atoms with Gasteiger partial charge in [0.1, 0.15) is 23.2 Å². The minimum atomic E-state index is -5.71. The van der Waals surface area contributed by atoms with Gasteiger partial charge in [-0.2, -0.15) is 26.9 Å². The van der Waals surface area contributed by atoms with Crippen LogP contribution in [0.4, 0.5) is 33.6 Å². The topological polar surface area (TPSA) is 137 Å². The second kappa shape index (κ2) is 8.06. The Hall–Kier alpha value is -3.88. The van der Waals surface area contributed by atoms with Crippen LogP contribution in [-0.4, -0.2) is 47.5 Å². The smallest absolute Gasteiger partial charge is 0.383 e. The van der Waals surface area contributed by atoms with Crippen molar-refractivity contribution in [2.45, 2.75) is 44.2 Å². The van der Waals surface area contributed by atoms with Crippen LogP contribution in [0.3, 0.4) is 0 Å². The van der Waals surface area contributed by atoms with E-state index in [4.69, 9.17) is 21.9 Å². The Balaban J connectivity index is 1.60. The van der Waals surface area contributed by atoms with Gasteiger partial charge in [-0.3, -0.25) is 4.79 Å². The zero-order valence-electron chi connectivity index (χ0n) is 19.0. The standard InChI is InChI=1S/C21H16ClF5N8O2/c1-8-29-18(37-34-8)19(2)12-14(28)31-16(32-15(12)33-17(19)36)13-10-4-3-9(22)7-35(10)11(30-13)5-6-20(23,24)21(25,26)27/h3-4,7H,5-6H2,1-2H3,(H3,28,31,32,33,36). The van der Waals surface area contributed by atoms with E-state index in [9.17, 15) is 26.7 Å². The molecule has 1 aliphatic heterocycles. The number of fused-ring (bicyclic) bond motifs is 2. The summed E-state index contributed by atoms with van der Waals surface area (Å²) in [6.07, 6.45) is -6.66. The molecule has 0 bridgehead atoms. The average Bonchev–Trinajstić information content (AvgIpc) is 3.46. The molecular formula is C21H16ClF5N8O2. The van der Waals surface area contributed by atoms with Gasteiger partial charge >= 0.3 is 12.1 Å². The molecule has 0 aromatic carbocycles. The number of carbonyl (C=O) groups excluding carboxylic acids is 1. The van der Waals surface area contributed by atoms with E-state index in [2.05, 4.69) is 30.4 Å². The fraction of sp³-hybridized carbons (Fsp3) is 0.333. The molecular weight excluding hydrogens is 527 g/mol. The number of imidazole rings is 1. The zero-order chi connectivity index (χ0) is 26.9. The van der Waals surface area contributed by atoms with E-state index in [0.29, 0.717) is 5.82 Å². The molecule has 5 rings (SSSR count). The number of anilines is 2. The molecule has 3 N–H and O–H groups in total. The Morgan fingerprint density at radius 2 is 1.89 bits per heavy atom. The predicted molar refractivity (Wildman–Crippen MR) is 119 cm³/mol. The largest absolute Gasteiger partial charge is 0.453 e. The molecule has 37 heavy (non-hydrogen) atoms. The number of carbonyl (C=O) groups is 1. The molecule has 194 valence electrons. The lowest BCUT2D eigenvalue weighted by atomic mass is 9.84. The molecule has 4 aromatic heterocycles. The third kappa shape index (κ3) is 3.84. The molecule has 10 nitrogen and oxygen atoms in total. The van der Waals surface area contributed by atoms with Crippen molar-refractivity contribution < 1.29 is 31.3 Å². The Labute approximate surface area is 209 Å². The Bertz CT molecular complexity index is 1570. The lowest BCUT2D eigenvalue weighted by Crippen LogP contribution is -2.36.